The lowest BCUT2D eigenvalue weighted by molar-refractivity contribution is -0.138. The molecule has 0 aromatic rings. The Hall–Kier alpha value is -1.10. The van der Waals surface area contributed by atoms with Crippen LogP contribution in [-0.4, -0.2) is 28.6 Å². The Labute approximate surface area is 102 Å². The van der Waals surface area contributed by atoms with Crippen LogP contribution in [0.2, 0.25) is 0 Å². The summed E-state index contributed by atoms with van der Waals surface area (Å²) in [6.45, 7) is 3.73. The molecular formula is C12H22N2O3. The number of carboxylic acid groups (broad SMARTS) is 1. The summed E-state index contributed by atoms with van der Waals surface area (Å²) in [6.07, 6.45) is 3.08. The zero-order valence-corrected chi connectivity index (χ0v) is 10.5. The van der Waals surface area contributed by atoms with E-state index in [0.717, 1.165) is 12.8 Å². The van der Waals surface area contributed by atoms with E-state index in [0.29, 0.717) is 18.8 Å². The SMILES string of the molecule is CCC(N)(CC)C(=O)NC(CC(=O)O)C1CC1. The number of hydrogen-bond acceptors (Lipinski definition) is 3. The third kappa shape index (κ3) is 3.70. The van der Waals surface area contributed by atoms with Gasteiger partial charge in [0.1, 0.15) is 0 Å². The van der Waals surface area contributed by atoms with Crippen LogP contribution in [0.1, 0.15) is 46.0 Å². The van der Waals surface area contributed by atoms with Crippen molar-refractivity contribution in [2.75, 3.05) is 0 Å². The van der Waals surface area contributed by atoms with Crippen LogP contribution < -0.4 is 11.1 Å². The quantitative estimate of drug-likeness (QED) is 0.617. The molecule has 1 aliphatic rings. The van der Waals surface area contributed by atoms with E-state index < -0.39 is 11.5 Å². The molecule has 0 heterocycles. The molecule has 1 rings (SSSR count). The monoisotopic (exact) mass is 242 g/mol. The Morgan fingerprint density at radius 1 is 1.41 bits per heavy atom. The first kappa shape index (κ1) is 14.0. The predicted octanol–water partition coefficient (Wildman–Crippen LogP) is 0.873. The van der Waals surface area contributed by atoms with Crippen molar-refractivity contribution in [2.24, 2.45) is 11.7 Å². The summed E-state index contributed by atoms with van der Waals surface area (Å²) >= 11 is 0. The maximum Gasteiger partial charge on any atom is 0.305 e. The van der Waals surface area contributed by atoms with E-state index in [-0.39, 0.29) is 18.4 Å². The van der Waals surface area contributed by atoms with Crippen LogP contribution in [0.3, 0.4) is 0 Å². The normalized spacial score (nSPS) is 17.6. The van der Waals surface area contributed by atoms with Gasteiger partial charge in [0.25, 0.3) is 0 Å². The van der Waals surface area contributed by atoms with Gasteiger partial charge >= 0.3 is 5.97 Å². The van der Waals surface area contributed by atoms with E-state index in [1.807, 2.05) is 13.8 Å². The van der Waals surface area contributed by atoms with E-state index >= 15 is 0 Å². The van der Waals surface area contributed by atoms with Crippen LogP contribution in [0.4, 0.5) is 0 Å². The van der Waals surface area contributed by atoms with Gasteiger partial charge in [-0.3, -0.25) is 9.59 Å². The molecular weight excluding hydrogens is 220 g/mol. The average Bonchev–Trinajstić information content (AvgIpc) is 3.10. The van der Waals surface area contributed by atoms with Crippen LogP contribution >= 0.6 is 0 Å². The molecule has 0 radical (unpaired) electrons. The highest BCUT2D eigenvalue weighted by Gasteiger charge is 2.37. The number of amides is 1. The fourth-order valence-electron chi connectivity index (χ4n) is 1.91. The van der Waals surface area contributed by atoms with Gasteiger partial charge in [-0.05, 0) is 31.6 Å². The molecule has 0 aromatic carbocycles. The molecule has 1 fully saturated rings. The van der Waals surface area contributed by atoms with Gasteiger partial charge in [-0.15, -0.1) is 0 Å². The van der Waals surface area contributed by atoms with Crippen LogP contribution in [0, 0.1) is 5.92 Å². The van der Waals surface area contributed by atoms with Crippen molar-refractivity contribution < 1.29 is 14.7 Å². The Morgan fingerprint density at radius 2 is 1.94 bits per heavy atom. The molecule has 1 amide bonds. The van der Waals surface area contributed by atoms with Crippen molar-refractivity contribution in [3.63, 3.8) is 0 Å². The molecule has 1 atom stereocenters. The maximum atomic E-state index is 12.0. The van der Waals surface area contributed by atoms with Crippen molar-refractivity contribution in [3.05, 3.63) is 0 Å². The van der Waals surface area contributed by atoms with Gasteiger partial charge in [0.2, 0.25) is 5.91 Å². The highest BCUT2D eigenvalue weighted by molar-refractivity contribution is 5.86. The number of rotatable bonds is 7. The smallest absolute Gasteiger partial charge is 0.305 e. The summed E-state index contributed by atoms with van der Waals surface area (Å²) in [5, 5.41) is 11.6. The molecule has 4 N–H and O–H groups in total. The molecule has 1 saturated carbocycles. The molecule has 98 valence electrons. The van der Waals surface area contributed by atoms with Gasteiger partial charge in [-0.2, -0.15) is 0 Å². The highest BCUT2D eigenvalue weighted by Crippen LogP contribution is 2.34. The van der Waals surface area contributed by atoms with Crippen LogP contribution in [0.15, 0.2) is 0 Å². The number of carboxylic acids is 1. The lowest BCUT2D eigenvalue weighted by Crippen LogP contribution is -2.56. The van der Waals surface area contributed by atoms with Crippen molar-refractivity contribution in [3.8, 4) is 0 Å². The van der Waals surface area contributed by atoms with E-state index in [9.17, 15) is 9.59 Å². The molecule has 0 aliphatic heterocycles. The summed E-state index contributed by atoms with van der Waals surface area (Å²) in [7, 11) is 0. The first-order valence-corrected chi connectivity index (χ1v) is 6.24. The molecule has 0 spiro atoms. The third-order valence-electron chi connectivity index (χ3n) is 3.62. The van der Waals surface area contributed by atoms with Crippen LogP contribution in [0.5, 0.6) is 0 Å². The second kappa shape index (κ2) is 5.49. The van der Waals surface area contributed by atoms with Gasteiger partial charge in [-0.25, -0.2) is 0 Å². The minimum Gasteiger partial charge on any atom is -0.481 e. The molecule has 1 aliphatic carbocycles. The van der Waals surface area contributed by atoms with Gasteiger partial charge in [-0.1, -0.05) is 13.8 Å². The topological polar surface area (TPSA) is 92.4 Å². The predicted molar refractivity (Wildman–Crippen MR) is 64.4 cm³/mol. The van der Waals surface area contributed by atoms with Crippen molar-refractivity contribution >= 4 is 11.9 Å². The minimum atomic E-state index is -0.877. The van der Waals surface area contributed by atoms with Gasteiger partial charge in [0.15, 0.2) is 0 Å². The lowest BCUT2D eigenvalue weighted by Gasteiger charge is -2.28. The first-order valence-electron chi connectivity index (χ1n) is 6.24. The van der Waals surface area contributed by atoms with Gasteiger partial charge < -0.3 is 16.2 Å². The van der Waals surface area contributed by atoms with Crippen molar-refractivity contribution in [1.29, 1.82) is 0 Å². The number of carbonyl (C=O) groups excluding carboxylic acids is 1. The van der Waals surface area contributed by atoms with E-state index in [4.69, 9.17) is 10.8 Å². The fourth-order valence-corrected chi connectivity index (χ4v) is 1.91. The highest BCUT2D eigenvalue weighted by atomic mass is 16.4. The van der Waals surface area contributed by atoms with Gasteiger partial charge in [0.05, 0.1) is 12.0 Å². The van der Waals surface area contributed by atoms with Gasteiger partial charge in [0, 0.05) is 6.04 Å². The number of hydrogen-bond donors (Lipinski definition) is 3. The summed E-state index contributed by atoms with van der Waals surface area (Å²) in [4.78, 5) is 22.8. The molecule has 0 aromatic heterocycles. The Bertz CT molecular complexity index is 296. The molecule has 0 saturated heterocycles. The number of nitrogens with two attached hydrogens (primary N) is 1. The Morgan fingerprint density at radius 3 is 2.29 bits per heavy atom. The first-order chi connectivity index (χ1) is 7.92. The second-order valence-corrected chi connectivity index (χ2v) is 4.88. The van der Waals surface area contributed by atoms with Crippen molar-refractivity contribution in [2.45, 2.75) is 57.5 Å². The van der Waals surface area contributed by atoms with Crippen molar-refractivity contribution in [1.82, 2.24) is 5.32 Å². The summed E-state index contributed by atoms with van der Waals surface area (Å²) in [5.41, 5.74) is 5.11. The maximum absolute atomic E-state index is 12.0. The van der Waals surface area contributed by atoms with Crippen LogP contribution in [-0.2, 0) is 9.59 Å². The number of carbonyl (C=O) groups is 2. The second-order valence-electron chi connectivity index (χ2n) is 4.88. The average molecular weight is 242 g/mol. The largest absolute Gasteiger partial charge is 0.481 e. The Kier molecular flexibility index (Phi) is 4.51. The zero-order chi connectivity index (χ0) is 13.1. The summed E-state index contributed by atoms with van der Waals surface area (Å²) < 4.78 is 0. The molecule has 5 nitrogen and oxygen atoms in total. The fraction of sp³-hybridized carbons (Fsp3) is 0.833. The standard InChI is InChI=1S/C12H22N2O3/c1-3-12(13,4-2)11(17)14-9(7-10(15)16)8-5-6-8/h8-9H,3-7,13H2,1-2H3,(H,14,17)(H,15,16). The summed E-state index contributed by atoms with van der Waals surface area (Å²) in [5.74, 6) is -0.786. The van der Waals surface area contributed by atoms with Crippen LogP contribution in [0.25, 0.3) is 0 Å². The number of nitrogens with one attached hydrogen (secondary N) is 1. The van der Waals surface area contributed by atoms with E-state index in [1.54, 1.807) is 0 Å². The minimum absolute atomic E-state index is 0.0140. The molecule has 5 heteroatoms. The molecule has 0 bridgehead atoms. The van der Waals surface area contributed by atoms with E-state index in [2.05, 4.69) is 5.32 Å². The number of aliphatic carboxylic acids is 1. The molecule has 17 heavy (non-hydrogen) atoms. The Balaban J connectivity index is 2.60. The van der Waals surface area contributed by atoms with E-state index in [1.165, 1.54) is 0 Å². The lowest BCUT2D eigenvalue weighted by atomic mass is 9.92. The summed E-state index contributed by atoms with van der Waals surface area (Å²) in [6, 6.07) is -0.263. The molecule has 1 unspecified atom stereocenters. The third-order valence-corrected chi connectivity index (χ3v) is 3.62. The zero-order valence-electron chi connectivity index (χ0n) is 10.5.